The van der Waals surface area contributed by atoms with E-state index in [1.54, 1.807) is 5.38 Å². The highest BCUT2D eigenvalue weighted by Crippen LogP contribution is 2.43. The summed E-state index contributed by atoms with van der Waals surface area (Å²) in [6.45, 7) is 0.268. The number of hydrogen-bond acceptors (Lipinski definition) is 7. The summed E-state index contributed by atoms with van der Waals surface area (Å²) < 4.78 is 20.1. The van der Waals surface area contributed by atoms with Crippen LogP contribution in [0.15, 0.2) is 5.38 Å². The molecule has 3 rings (SSSR count). The molecule has 2 aliphatic heterocycles. The van der Waals surface area contributed by atoms with E-state index in [-0.39, 0.29) is 32.5 Å². The minimum atomic E-state index is -2.37. The maximum Gasteiger partial charge on any atom is 0.285 e. The van der Waals surface area contributed by atoms with Crippen LogP contribution in [0, 0.1) is 0 Å². The van der Waals surface area contributed by atoms with E-state index < -0.39 is 17.6 Å². The van der Waals surface area contributed by atoms with Crippen molar-refractivity contribution in [2.24, 2.45) is 0 Å². The lowest BCUT2D eigenvalue weighted by molar-refractivity contribution is -0.218. The second-order valence-corrected chi connectivity index (χ2v) is 6.08. The van der Waals surface area contributed by atoms with Gasteiger partial charge in [0.2, 0.25) is 5.91 Å². The molecule has 9 heteroatoms. The molecule has 1 aromatic rings. The number of nitrogens with two attached hydrogens (primary N) is 1. The van der Waals surface area contributed by atoms with E-state index in [9.17, 15) is 9.59 Å². The van der Waals surface area contributed by atoms with Crippen molar-refractivity contribution in [1.82, 2.24) is 9.96 Å². The molecule has 0 spiro atoms. The fraction of sp³-hybridized carbons (Fsp3) is 0.538. The Morgan fingerprint density at radius 2 is 2.32 bits per heavy atom. The van der Waals surface area contributed by atoms with Gasteiger partial charge in [-0.25, -0.2) is 4.39 Å². The molecule has 2 N–H and O–H groups in total. The first-order valence-electron chi connectivity index (χ1n) is 6.81. The van der Waals surface area contributed by atoms with Gasteiger partial charge in [0, 0.05) is 30.9 Å². The van der Waals surface area contributed by atoms with Gasteiger partial charge in [-0.3, -0.25) is 14.5 Å². The zero-order valence-electron chi connectivity index (χ0n) is 12.0. The number of carbonyl (C=O) groups is 2. The number of ether oxygens (including phenoxy) is 1. The van der Waals surface area contributed by atoms with Gasteiger partial charge in [-0.2, -0.15) is 0 Å². The SMILES string of the molecule is COCCN1C(=O)CC[C@@](F)(N2Cc3c(csc3N)O2)C1=O. The second kappa shape index (κ2) is 5.49. The molecule has 0 aromatic carbocycles. The van der Waals surface area contributed by atoms with Crippen LogP contribution in [-0.2, 0) is 20.9 Å². The van der Waals surface area contributed by atoms with Crippen molar-refractivity contribution < 1.29 is 23.6 Å². The Bertz CT molecular complexity index is 622. The fourth-order valence-electron chi connectivity index (χ4n) is 2.58. The van der Waals surface area contributed by atoms with E-state index >= 15 is 4.39 Å². The molecule has 3 heterocycles. The lowest BCUT2D eigenvalue weighted by Crippen LogP contribution is -2.61. The first kappa shape index (κ1) is 15.2. The molecule has 1 aromatic heterocycles. The van der Waals surface area contributed by atoms with E-state index in [1.165, 1.54) is 18.4 Å². The van der Waals surface area contributed by atoms with Gasteiger partial charge in [0.15, 0.2) is 5.75 Å². The number of hydroxylamine groups is 2. The van der Waals surface area contributed by atoms with Gasteiger partial charge in [-0.1, -0.05) is 5.06 Å². The van der Waals surface area contributed by atoms with Crippen molar-refractivity contribution >= 4 is 28.2 Å². The van der Waals surface area contributed by atoms with E-state index in [0.29, 0.717) is 16.3 Å². The van der Waals surface area contributed by atoms with Crippen molar-refractivity contribution in [3.8, 4) is 5.75 Å². The predicted molar refractivity (Wildman–Crippen MR) is 76.6 cm³/mol. The number of imide groups is 1. The van der Waals surface area contributed by atoms with Crippen molar-refractivity contribution in [3.05, 3.63) is 10.9 Å². The van der Waals surface area contributed by atoms with Gasteiger partial charge >= 0.3 is 0 Å². The Balaban J connectivity index is 1.80. The van der Waals surface area contributed by atoms with Crippen LogP contribution in [0.3, 0.4) is 0 Å². The Morgan fingerprint density at radius 1 is 1.55 bits per heavy atom. The summed E-state index contributed by atoms with van der Waals surface area (Å²) in [6.07, 6.45) is -0.296. The molecule has 0 aliphatic carbocycles. The van der Waals surface area contributed by atoms with Gasteiger partial charge in [-0.15, -0.1) is 11.3 Å². The van der Waals surface area contributed by atoms with Crippen LogP contribution in [0.4, 0.5) is 9.39 Å². The minimum Gasteiger partial charge on any atom is -0.401 e. The van der Waals surface area contributed by atoms with Crippen LogP contribution < -0.4 is 10.6 Å². The number of anilines is 1. The minimum absolute atomic E-state index is 0.0249. The molecule has 0 radical (unpaired) electrons. The van der Waals surface area contributed by atoms with Gasteiger partial charge in [0.25, 0.3) is 11.7 Å². The molecular weight excluding hydrogens is 313 g/mol. The molecule has 22 heavy (non-hydrogen) atoms. The molecule has 2 aliphatic rings. The Labute approximate surface area is 130 Å². The number of nitrogens with zero attached hydrogens (tertiary/aromatic N) is 2. The monoisotopic (exact) mass is 329 g/mol. The highest BCUT2D eigenvalue weighted by atomic mass is 32.1. The summed E-state index contributed by atoms with van der Waals surface area (Å²) in [4.78, 5) is 30.6. The van der Waals surface area contributed by atoms with Gasteiger partial charge in [0.05, 0.1) is 24.7 Å². The van der Waals surface area contributed by atoms with E-state index in [4.69, 9.17) is 15.3 Å². The zero-order valence-corrected chi connectivity index (χ0v) is 12.8. The van der Waals surface area contributed by atoms with E-state index in [0.717, 1.165) is 9.96 Å². The quantitative estimate of drug-likeness (QED) is 0.653. The number of alkyl halides is 1. The van der Waals surface area contributed by atoms with Crippen molar-refractivity contribution in [2.45, 2.75) is 25.2 Å². The molecular formula is C13H16FN3O4S. The number of nitrogen functional groups attached to an aromatic ring is 1. The summed E-state index contributed by atoms with van der Waals surface area (Å²) in [5, 5.41) is 3.20. The third kappa shape index (κ3) is 2.25. The Morgan fingerprint density at radius 3 is 3.00 bits per heavy atom. The van der Waals surface area contributed by atoms with Crippen LogP contribution in [0.25, 0.3) is 0 Å². The van der Waals surface area contributed by atoms with Gasteiger partial charge in [0.1, 0.15) is 0 Å². The number of halogens is 1. The number of methoxy groups -OCH3 is 1. The zero-order chi connectivity index (χ0) is 15.9. The van der Waals surface area contributed by atoms with Crippen LogP contribution >= 0.6 is 11.3 Å². The Hall–Kier alpha value is -1.71. The fourth-order valence-corrected chi connectivity index (χ4v) is 3.31. The number of hydrogen-bond donors (Lipinski definition) is 1. The van der Waals surface area contributed by atoms with Crippen LogP contribution in [0.2, 0.25) is 0 Å². The number of likely N-dealkylation sites (tertiary alicyclic amines) is 1. The average Bonchev–Trinajstić information content (AvgIpc) is 3.06. The lowest BCUT2D eigenvalue weighted by Gasteiger charge is -2.38. The average molecular weight is 329 g/mol. The summed E-state index contributed by atoms with van der Waals surface area (Å²) in [5.41, 5.74) is 6.48. The first-order valence-corrected chi connectivity index (χ1v) is 7.69. The third-order valence-electron chi connectivity index (χ3n) is 3.86. The van der Waals surface area contributed by atoms with Crippen molar-refractivity contribution in [2.75, 3.05) is 26.0 Å². The van der Waals surface area contributed by atoms with E-state index in [2.05, 4.69) is 0 Å². The number of rotatable bonds is 4. The first-order chi connectivity index (χ1) is 10.5. The largest absolute Gasteiger partial charge is 0.401 e. The molecule has 0 saturated carbocycles. The maximum absolute atomic E-state index is 15.3. The van der Waals surface area contributed by atoms with E-state index in [1.807, 2.05) is 0 Å². The summed E-state index contributed by atoms with van der Waals surface area (Å²) in [5.74, 6) is -3.21. The topological polar surface area (TPSA) is 85.1 Å². The summed E-state index contributed by atoms with van der Waals surface area (Å²) in [7, 11) is 1.45. The van der Waals surface area contributed by atoms with Crippen LogP contribution in [0.1, 0.15) is 18.4 Å². The molecule has 120 valence electrons. The van der Waals surface area contributed by atoms with Gasteiger partial charge < -0.3 is 15.3 Å². The molecule has 1 fully saturated rings. The molecule has 2 amide bonds. The lowest BCUT2D eigenvalue weighted by atomic mass is 10.0. The molecule has 1 saturated heterocycles. The summed E-state index contributed by atoms with van der Waals surface area (Å²) >= 11 is 1.30. The number of fused-ring (bicyclic) bond motifs is 1. The normalized spacial score (nSPS) is 25.5. The highest BCUT2D eigenvalue weighted by Gasteiger charge is 2.55. The molecule has 0 unspecified atom stereocenters. The number of piperidine rings is 1. The van der Waals surface area contributed by atoms with Crippen LogP contribution in [-0.4, -0.2) is 47.8 Å². The predicted octanol–water partition coefficient (Wildman–Crippen LogP) is 0.901. The van der Waals surface area contributed by atoms with Crippen LogP contribution in [0.5, 0.6) is 5.75 Å². The van der Waals surface area contributed by atoms with Gasteiger partial charge in [-0.05, 0) is 0 Å². The number of carbonyl (C=O) groups excluding carboxylic acids is 2. The second-order valence-electron chi connectivity index (χ2n) is 5.17. The summed E-state index contributed by atoms with van der Waals surface area (Å²) in [6, 6.07) is 0. The smallest absolute Gasteiger partial charge is 0.285 e. The maximum atomic E-state index is 15.3. The number of thiophene rings is 1. The number of amides is 2. The molecule has 1 atom stereocenters. The Kier molecular flexibility index (Phi) is 3.79. The van der Waals surface area contributed by atoms with Crippen molar-refractivity contribution in [3.63, 3.8) is 0 Å². The van der Waals surface area contributed by atoms with Crippen molar-refractivity contribution in [1.29, 1.82) is 0 Å². The highest BCUT2D eigenvalue weighted by molar-refractivity contribution is 7.14. The third-order valence-corrected chi connectivity index (χ3v) is 4.69. The standard InChI is InChI=1S/C13H16FN3O4S/c1-20-5-4-16-10(18)2-3-13(14,12(16)19)17-6-8-9(21-17)7-22-11(8)15/h7H,2-6,15H2,1H3/t13-/m1/s1. The molecule has 7 nitrogen and oxygen atoms in total. The molecule has 0 bridgehead atoms.